The highest BCUT2D eigenvalue weighted by Gasteiger charge is 2.34. The minimum Gasteiger partial charge on any atom is -0.457 e. The molecule has 1 aliphatic rings. The third-order valence-corrected chi connectivity index (χ3v) is 14.0. The van der Waals surface area contributed by atoms with Crippen LogP contribution < -0.4 is 14.4 Å². The number of para-hydroxylation sites is 2. The van der Waals surface area contributed by atoms with Crippen LogP contribution in [-0.4, -0.2) is 11.9 Å². The van der Waals surface area contributed by atoms with Gasteiger partial charge in [-0.3, -0.25) is 0 Å². The monoisotopic (exact) mass is 957 g/mol. The zero-order valence-corrected chi connectivity index (χ0v) is 43.0. The van der Waals surface area contributed by atoms with E-state index in [0.717, 1.165) is 72.5 Å². The van der Waals surface area contributed by atoms with Gasteiger partial charge in [-0.05, 0) is 152 Å². The predicted molar refractivity (Wildman–Crippen MR) is 301 cm³/mol. The molecule has 6 nitrogen and oxygen atoms in total. The average molecular weight is 958 g/mol. The van der Waals surface area contributed by atoms with Crippen LogP contribution in [0.2, 0.25) is 0 Å². The number of hydrogen-bond donors (Lipinski definition) is 0. The minimum absolute atomic E-state index is 0.0164. The molecule has 10 aromatic rings. The molecule has 6 heteroatoms. The third kappa shape index (κ3) is 8.86. The van der Waals surface area contributed by atoms with E-state index in [1.807, 2.05) is 36.4 Å². The fourth-order valence-corrected chi connectivity index (χ4v) is 11.4. The molecule has 0 aliphatic carbocycles. The highest BCUT2D eigenvalue weighted by Crippen LogP contribution is 2.53. The van der Waals surface area contributed by atoms with Crippen molar-refractivity contribution in [2.24, 2.45) is 10.8 Å². The zero-order valence-electron chi connectivity index (χ0n) is 43.0. The number of allylic oxidation sites excluding steroid dienone is 2. The number of fused-ring (bicyclic) bond motifs is 2. The van der Waals surface area contributed by atoms with Crippen LogP contribution in [-0.2, 0) is 10.2 Å². The fourth-order valence-electron chi connectivity index (χ4n) is 11.4. The molecule has 0 aromatic heterocycles. The molecule has 0 spiro atoms. The van der Waals surface area contributed by atoms with Crippen LogP contribution in [0.25, 0.3) is 59.8 Å². The second-order valence-electron chi connectivity index (χ2n) is 22.5. The molecule has 0 radical (unpaired) electrons. The van der Waals surface area contributed by atoms with Gasteiger partial charge in [-0.2, -0.15) is 0 Å². The molecule has 73 heavy (non-hydrogen) atoms. The van der Waals surface area contributed by atoms with Crippen molar-refractivity contribution in [2.45, 2.75) is 74.1 Å². The van der Waals surface area contributed by atoms with E-state index in [4.69, 9.17) is 14.2 Å². The van der Waals surface area contributed by atoms with Gasteiger partial charge in [0.15, 0.2) is 0 Å². The number of cyclic esters (lactones) is 2. The number of carbonyl (C=O) groups is 2. The van der Waals surface area contributed by atoms with E-state index in [1.54, 1.807) is 12.1 Å². The van der Waals surface area contributed by atoms with E-state index in [9.17, 15) is 9.59 Å². The Morgan fingerprint density at radius 3 is 1.53 bits per heavy atom. The maximum atomic E-state index is 14.0. The van der Waals surface area contributed by atoms with Crippen LogP contribution in [0.5, 0.6) is 23.0 Å². The van der Waals surface area contributed by atoms with E-state index < -0.39 is 11.9 Å². The molecule has 11 rings (SSSR count). The molecule has 0 unspecified atom stereocenters. The first-order chi connectivity index (χ1) is 34.9. The van der Waals surface area contributed by atoms with Crippen LogP contribution in [0.15, 0.2) is 182 Å². The molecule has 0 bridgehead atoms. The van der Waals surface area contributed by atoms with Crippen LogP contribution >= 0.6 is 0 Å². The number of nitrogens with zero attached hydrogens (tertiary/aromatic N) is 1. The Kier molecular flexibility index (Phi) is 11.5. The summed E-state index contributed by atoms with van der Waals surface area (Å²) in [6, 6.07) is 60.1. The largest absolute Gasteiger partial charge is 0.457 e. The van der Waals surface area contributed by atoms with Crippen molar-refractivity contribution in [3.05, 3.63) is 204 Å². The van der Waals surface area contributed by atoms with E-state index in [1.165, 1.54) is 11.1 Å². The average Bonchev–Trinajstić information content (AvgIpc) is 3.36. The number of ether oxygens (including phenoxy) is 3. The van der Waals surface area contributed by atoms with Crippen molar-refractivity contribution >= 4 is 77.7 Å². The third-order valence-electron chi connectivity index (χ3n) is 14.0. The van der Waals surface area contributed by atoms with Gasteiger partial charge in [-0.1, -0.05) is 165 Å². The number of esters is 2. The molecular formula is C67H59NO5. The highest BCUT2D eigenvalue weighted by atomic mass is 16.6. The summed E-state index contributed by atoms with van der Waals surface area (Å²) in [5.74, 6) is 0.721. The number of anilines is 3. The Balaban J connectivity index is 1.13. The molecule has 0 atom stereocenters. The van der Waals surface area contributed by atoms with Crippen molar-refractivity contribution < 1.29 is 23.8 Å². The molecular weight excluding hydrogens is 899 g/mol. The number of rotatable bonds is 11. The Bertz CT molecular complexity index is 3740. The molecule has 0 N–H and O–H groups in total. The van der Waals surface area contributed by atoms with Gasteiger partial charge in [0.2, 0.25) is 0 Å². The smallest absolute Gasteiger partial charge is 0.346 e. The Morgan fingerprint density at radius 1 is 0.493 bits per heavy atom. The van der Waals surface area contributed by atoms with Gasteiger partial charge in [-0.25, -0.2) is 9.59 Å². The van der Waals surface area contributed by atoms with Gasteiger partial charge in [-0.15, -0.1) is 0 Å². The van der Waals surface area contributed by atoms with Crippen molar-refractivity contribution in [1.29, 1.82) is 0 Å². The van der Waals surface area contributed by atoms with Gasteiger partial charge in [0, 0.05) is 38.6 Å². The van der Waals surface area contributed by atoms with Crippen molar-refractivity contribution in [3.8, 4) is 34.1 Å². The number of benzene rings is 10. The molecule has 0 saturated heterocycles. The first-order valence-corrected chi connectivity index (χ1v) is 25.2. The Morgan fingerprint density at radius 2 is 1.00 bits per heavy atom. The van der Waals surface area contributed by atoms with Crippen LogP contribution in [0.1, 0.15) is 101 Å². The zero-order chi connectivity index (χ0) is 51.0. The van der Waals surface area contributed by atoms with Gasteiger partial charge in [0.05, 0.1) is 11.1 Å². The lowest BCUT2D eigenvalue weighted by molar-refractivity contribution is 0.0390. The van der Waals surface area contributed by atoms with E-state index in [0.29, 0.717) is 33.8 Å². The normalized spacial score (nSPS) is 13.3. The van der Waals surface area contributed by atoms with Crippen LogP contribution in [0, 0.1) is 10.8 Å². The maximum Gasteiger partial charge on any atom is 0.346 e. The first-order valence-electron chi connectivity index (χ1n) is 25.2. The van der Waals surface area contributed by atoms with E-state index in [-0.39, 0.29) is 27.4 Å². The Hall–Kier alpha value is -8.22. The standard InChI is InChI=1S/C67H59NO5/c1-41(39-65(2,3)4)42-25-31-48(32-26-42)71-56-37-54-59-55(64(70)73-63(54)69)38-57(72-49-33-27-44(28-34-49)67(8,9)40-66(5,6)7)61-53-36-35-50(51-21-16-22-52(58(51)53)60(56)62(59)61)43-23-29-47(30-24-43)68(45-17-12-10-13-18-45)46-19-14-11-15-20-46/h10-39H,40H2,1-9H3/b41-39+. The summed E-state index contributed by atoms with van der Waals surface area (Å²) in [7, 11) is 0. The topological polar surface area (TPSA) is 65.1 Å². The molecule has 0 amide bonds. The van der Waals surface area contributed by atoms with Gasteiger partial charge < -0.3 is 19.1 Å². The lowest BCUT2D eigenvalue weighted by atomic mass is 9.72. The predicted octanol–water partition coefficient (Wildman–Crippen LogP) is 18.9. The molecule has 1 aliphatic heterocycles. The summed E-state index contributed by atoms with van der Waals surface area (Å²) in [6.07, 6.45) is 3.27. The second-order valence-corrected chi connectivity index (χ2v) is 22.5. The SMILES string of the molecule is C/C(=C\C(C)(C)C)c1ccc(Oc2cc3c4c(cc(Oc5ccc(C(C)(C)CC(C)(C)C)cc5)c5c6ccc(-c7ccc(N(c8ccccc8)c8ccccc8)cc7)c7cccc(c2c45)c76)C(=O)OC3=O)cc1. The summed E-state index contributed by atoms with van der Waals surface area (Å²) in [6.45, 7) is 20.1. The van der Waals surface area contributed by atoms with Crippen molar-refractivity contribution in [3.63, 3.8) is 0 Å². The van der Waals surface area contributed by atoms with E-state index in [2.05, 4.69) is 201 Å². The van der Waals surface area contributed by atoms with Crippen LogP contribution in [0.4, 0.5) is 17.1 Å². The molecule has 1 heterocycles. The van der Waals surface area contributed by atoms with Gasteiger partial charge in [0.25, 0.3) is 0 Å². The molecule has 0 fully saturated rings. The van der Waals surface area contributed by atoms with Gasteiger partial charge >= 0.3 is 11.9 Å². The highest BCUT2D eigenvalue weighted by molar-refractivity contribution is 6.40. The first kappa shape index (κ1) is 47.1. The summed E-state index contributed by atoms with van der Waals surface area (Å²) in [4.78, 5) is 30.2. The minimum atomic E-state index is -0.721. The molecule has 362 valence electrons. The van der Waals surface area contributed by atoms with Gasteiger partial charge in [0.1, 0.15) is 23.0 Å². The summed E-state index contributed by atoms with van der Waals surface area (Å²) >= 11 is 0. The summed E-state index contributed by atoms with van der Waals surface area (Å²) in [5.41, 5.74) is 9.35. The van der Waals surface area contributed by atoms with E-state index >= 15 is 0 Å². The lowest BCUT2D eigenvalue weighted by Crippen LogP contribution is -2.24. The van der Waals surface area contributed by atoms with Crippen molar-refractivity contribution in [1.82, 2.24) is 0 Å². The second kappa shape index (κ2) is 17.8. The molecule has 10 aromatic carbocycles. The summed E-state index contributed by atoms with van der Waals surface area (Å²) in [5, 5.41) is 6.63. The fraction of sp³-hybridized carbons (Fsp3) is 0.194. The maximum absolute atomic E-state index is 14.0. The molecule has 0 saturated carbocycles. The Labute approximate surface area is 427 Å². The van der Waals surface area contributed by atoms with Crippen LogP contribution in [0.3, 0.4) is 0 Å². The summed E-state index contributed by atoms with van der Waals surface area (Å²) < 4.78 is 19.5. The van der Waals surface area contributed by atoms with Crippen molar-refractivity contribution in [2.75, 3.05) is 4.90 Å². The quantitative estimate of drug-likeness (QED) is 0.0557. The number of hydrogen-bond acceptors (Lipinski definition) is 6. The lowest BCUT2D eigenvalue weighted by Gasteiger charge is -2.33. The number of carbonyl (C=O) groups excluding carboxylic acids is 2.